The van der Waals surface area contributed by atoms with Crippen molar-refractivity contribution in [2.75, 3.05) is 0 Å². The maximum Gasteiger partial charge on any atom is 0.387 e. The maximum absolute atomic E-state index is 6.67. The molecule has 1 fully saturated rings. The zero-order valence-electron chi connectivity index (χ0n) is 18.2. The predicted molar refractivity (Wildman–Crippen MR) is 128 cm³/mol. The zero-order valence-corrected chi connectivity index (χ0v) is 19.1. The van der Waals surface area contributed by atoms with E-state index >= 15 is 0 Å². The van der Waals surface area contributed by atoms with Crippen LogP contribution in [0.15, 0.2) is 87.3 Å². The minimum Gasteiger partial charge on any atom is -0.399 e. The van der Waals surface area contributed by atoms with E-state index in [-0.39, 0.29) is 11.5 Å². The summed E-state index contributed by atoms with van der Waals surface area (Å²) in [6.45, 7) is 4.70. The summed E-state index contributed by atoms with van der Waals surface area (Å²) in [7, 11) is -1.54. The number of hydrogen-bond acceptors (Lipinski definition) is 3. The van der Waals surface area contributed by atoms with Crippen LogP contribution in [0.1, 0.15) is 45.1 Å². The van der Waals surface area contributed by atoms with E-state index in [1.165, 1.54) is 18.4 Å². The van der Waals surface area contributed by atoms with Gasteiger partial charge in [0.15, 0.2) is 0 Å². The van der Waals surface area contributed by atoms with Crippen LogP contribution in [0.25, 0.3) is 21.9 Å². The largest absolute Gasteiger partial charge is 0.399 e. The van der Waals surface area contributed by atoms with E-state index in [9.17, 15) is 0 Å². The van der Waals surface area contributed by atoms with Crippen LogP contribution in [-0.4, -0.2) is 6.10 Å². The summed E-state index contributed by atoms with van der Waals surface area (Å²) >= 11 is 0. The number of hydrogen-bond donors (Lipinski definition) is 0. The fraction of sp³-hybridized carbons (Fsp3) is 0.333. The van der Waals surface area contributed by atoms with Gasteiger partial charge in [-0.1, -0.05) is 93.4 Å². The molecule has 0 radical (unpaired) electrons. The smallest absolute Gasteiger partial charge is 0.387 e. The molecule has 2 atom stereocenters. The highest BCUT2D eigenvalue weighted by Crippen LogP contribution is 2.44. The van der Waals surface area contributed by atoms with Crippen LogP contribution in [0.5, 0.6) is 0 Å². The highest BCUT2D eigenvalue weighted by Gasteiger charge is 2.40. The maximum atomic E-state index is 6.67. The van der Waals surface area contributed by atoms with Crippen molar-refractivity contribution in [3.63, 3.8) is 0 Å². The van der Waals surface area contributed by atoms with Crippen molar-refractivity contribution < 1.29 is 12.9 Å². The lowest BCUT2D eigenvalue weighted by Crippen LogP contribution is -2.42. The first kappa shape index (κ1) is 20.4. The minimum atomic E-state index is -1.54. The van der Waals surface area contributed by atoms with E-state index in [1.807, 2.05) is 36.4 Å². The van der Waals surface area contributed by atoms with E-state index in [1.54, 1.807) is 0 Å². The van der Waals surface area contributed by atoms with Gasteiger partial charge in [-0.25, -0.2) is 0 Å². The lowest BCUT2D eigenvalue weighted by Gasteiger charge is -2.41. The third-order valence-corrected chi connectivity index (χ3v) is 7.91. The van der Waals surface area contributed by atoms with E-state index in [0.29, 0.717) is 5.92 Å². The van der Waals surface area contributed by atoms with Crippen LogP contribution < -0.4 is 4.52 Å². The predicted octanol–water partition coefficient (Wildman–Crippen LogP) is 8.26. The molecule has 31 heavy (non-hydrogen) atoms. The van der Waals surface area contributed by atoms with Gasteiger partial charge in [0.25, 0.3) is 0 Å². The molecule has 0 amide bonds. The van der Waals surface area contributed by atoms with Crippen LogP contribution in [-0.2, 0) is 5.41 Å². The molecular weight excluding hydrogens is 403 g/mol. The van der Waals surface area contributed by atoms with Gasteiger partial charge < -0.3 is 8.39 Å². The second-order valence-corrected chi connectivity index (χ2v) is 10.0. The SMILES string of the molecule is CC(C)(c1ccccc1)C1CCCC[C@H]1Op1oc2ccccc2c2ccccc2o1. The Balaban J connectivity index is 1.56. The molecule has 0 bridgehead atoms. The first-order valence-electron chi connectivity index (χ1n) is 11.2. The Morgan fingerprint density at radius 1 is 0.742 bits per heavy atom. The topological polar surface area (TPSA) is 35.5 Å². The van der Waals surface area contributed by atoms with Crippen molar-refractivity contribution in [1.82, 2.24) is 0 Å². The van der Waals surface area contributed by atoms with Gasteiger partial charge in [0.2, 0.25) is 0 Å². The van der Waals surface area contributed by atoms with Gasteiger partial charge in [-0.05, 0) is 41.9 Å². The Labute approximate surface area is 184 Å². The quantitative estimate of drug-likeness (QED) is 0.326. The van der Waals surface area contributed by atoms with Crippen LogP contribution in [0.2, 0.25) is 0 Å². The number of para-hydroxylation sites is 2. The lowest BCUT2D eigenvalue weighted by atomic mass is 9.66. The van der Waals surface area contributed by atoms with Crippen molar-refractivity contribution in [3.05, 3.63) is 84.4 Å². The summed E-state index contributed by atoms with van der Waals surface area (Å²) in [5.41, 5.74) is 3.03. The molecule has 3 aromatic carbocycles. The first-order chi connectivity index (χ1) is 15.1. The Bertz CT molecular complexity index is 1150. The Morgan fingerprint density at radius 2 is 1.29 bits per heavy atom. The molecular formula is C27H29O3P. The highest BCUT2D eigenvalue weighted by atomic mass is 31.1. The third kappa shape index (κ3) is 4.05. The van der Waals surface area contributed by atoms with E-state index < -0.39 is 8.24 Å². The molecule has 0 saturated heterocycles. The average Bonchev–Trinajstić information content (AvgIpc) is 2.96. The number of benzene rings is 3. The number of rotatable bonds is 4. The summed E-state index contributed by atoms with van der Waals surface area (Å²) in [5.74, 6) is 0.409. The third-order valence-electron chi connectivity index (χ3n) is 6.78. The molecule has 1 aliphatic rings. The molecule has 1 aliphatic carbocycles. The van der Waals surface area contributed by atoms with E-state index in [2.05, 4.69) is 56.3 Å². The second kappa shape index (κ2) is 8.57. The monoisotopic (exact) mass is 432 g/mol. The van der Waals surface area contributed by atoms with Gasteiger partial charge in [0.05, 0.1) is 6.10 Å². The molecule has 0 aliphatic heterocycles. The van der Waals surface area contributed by atoms with E-state index in [4.69, 9.17) is 12.9 Å². The van der Waals surface area contributed by atoms with Crippen molar-refractivity contribution in [1.29, 1.82) is 0 Å². The summed E-state index contributed by atoms with van der Waals surface area (Å²) in [5, 5.41) is 2.10. The minimum absolute atomic E-state index is 0.0172. The molecule has 1 heterocycles. The van der Waals surface area contributed by atoms with Gasteiger partial charge in [0, 0.05) is 10.8 Å². The normalized spacial score (nSPS) is 19.5. The van der Waals surface area contributed by atoms with Crippen LogP contribution in [0, 0.1) is 5.92 Å². The van der Waals surface area contributed by atoms with Crippen LogP contribution >= 0.6 is 8.24 Å². The van der Waals surface area contributed by atoms with Crippen molar-refractivity contribution in [3.8, 4) is 0 Å². The van der Waals surface area contributed by atoms with E-state index in [0.717, 1.165) is 34.8 Å². The molecule has 4 aromatic rings. The van der Waals surface area contributed by atoms with Crippen molar-refractivity contribution in [2.45, 2.75) is 51.0 Å². The highest BCUT2D eigenvalue weighted by molar-refractivity contribution is 7.31. The average molecular weight is 433 g/mol. The fourth-order valence-corrected chi connectivity index (χ4v) is 6.24. The van der Waals surface area contributed by atoms with Gasteiger partial charge in [0.1, 0.15) is 11.2 Å². The Kier molecular flexibility index (Phi) is 5.65. The molecule has 0 spiro atoms. The molecule has 1 saturated carbocycles. The summed E-state index contributed by atoms with van der Waals surface area (Å²) in [4.78, 5) is 0. The van der Waals surface area contributed by atoms with Gasteiger partial charge >= 0.3 is 8.24 Å². The van der Waals surface area contributed by atoms with Gasteiger partial charge in [-0.3, -0.25) is 4.52 Å². The summed E-state index contributed by atoms with van der Waals surface area (Å²) < 4.78 is 19.3. The van der Waals surface area contributed by atoms with Gasteiger partial charge in [-0.2, -0.15) is 0 Å². The summed E-state index contributed by atoms with van der Waals surface area (Å²) in [6, 6.07) is 27.1. The molecule has 3 nitrogen and oxygen atoms in total. The van der Waals surface area contributed by atoms with Crippen molar-refractivity contribution >= 4 is 30.2 Å². The molecule has 5 rings (SSSR count). The number of fused-ring (bicyclic) bond motifs is 3. The molecule has 1 unspecified atom stereocenters. The van der Waals surface area contributed by atoms with Crippen LogP contribution in [0.3, 0.4) is 0 Å². The fourth-order valence-electron chi connectivity index (χ4n) is 5.00. The lowest BCUT2D eigenvalue weighted by molar-refractivity contribution is 0.0804. The van der Waals surface area contributed by atoms with Gasteiger partial charge in [-0.15, -0.1) is 0 Å². The van der Waals surface area contributed by atoms with Crippen LogP contribution in [0.4, 0.5) is 0 Å². The summed E-state index contributed by atoms with van der Waals surface area (Å²) in [6.07, 6.45) is 4.72. The zero-order chi connectivity index (χ0) is 21.3. The second-order valence-electron chi connectivity index (χ2n) is 9.02. The molecule has 1 aromatic heterocycles. The Morgan fingerprint density at radius 3 is 1.94 bits per heavy atom. The standard InChI is InChI=1S/C27H29O3P/c1-27(2,20-12-4-3-5-13-20)23-16-8-11-19-26(23)30-31-28-24-17-9-6-14-21(24)22-15-7-10-18-25(22)29-31/h3-7,9-10,12-15,17-18,23,26H,8,11,16,19H2,1-2H3/t23?,26-/m1/s1. The Hall–Kier alpha value is -2.48. The first-order valence-corrected chi connectivity index (χ1v) is 12.3. The van der Waals surface area contributed by atoms with Crippen molar-refractivity contribution in [2.24, 2.45) is 5.92 Å². The molecule has 4 heteroatoms. The molecule has 160 valence electrons. The molecule has 0 N–H and O–H groups in total.